The van der Waals surface area contributed by atoms with Gasteiger partial charge < -0.3 is 5.32 Å². The quantitative estimate of drug-likeness (QED) is 0.630. The number of aromatic amines is 1. The number of nitrogens with one attached hydrogen (secondary N) is 3. The van der Waals surface area contributed by atoms with Crippen molar-refractivity contribution in [3.63, 3.8) is 0 Å². The van der Waals surface area contributed by atoms with Gasteiger partial charge in [-0.1, -0.05) is 0 Å². The second-order valence-electron chi connectivity index (χ2n) is 3.77. The van der Waals surface area contributed by atoms with Crippen LogP contribution in [0.1, 0.15) is 18.7 Å². The van der Waals surface area contributed by atoms with E-state index in [2.05, 4.69) is 25.2 Å². The van der Waals surface area contributed by atoms with Gasteiger partial charge in [0.25, 0.3) is 0 Å². The molecule has 0 bridgehead atoms. The molecule has 1 atom stereocenters. The number of hydrogen-bond acceptors (Lipinski definition) is 5. The molecule has 1 aliphatic rings. The summed E-state index contributed by atoms with van der Waals surface area (Å²) < 4.78 is 26.3. The first kappa shape index (κ1) is 11.5. The molecule has 1 aromatic heterocycles. The molecule has 7 nitrogen and oxygen atoms in total. The SMILES string of the molecule is O=S(=O)(NCc1ncn[nH]1)C1CCCNC1. The van der Waals surface area contributed by atoms with E-state index in [-0.39, 0.29) is 11.8 Å². The Labute approximate surface area is 94.1 Å². The summed E-state index contributed by atoms with van der Waals surface area (Å²) in [6.45, 7) is 1.58. The lowest BCUT2D eigenvalue weighted by Crippen LogP contribution is -2.44. The lowest BCUT2D eigenvalue weighted by molar-refractivity contribution is 0.489. The minimum absolute atomic E-state index is 0.166. The molecule has 0 spiro atoms. The van der Waals surface area contributed by atoms with E-state index >= 15 is 0 Å². The molecule has 0 radical (unpaired) electrons. The standard InChI is InChI=1S/C8H15N5O2S/c14-16(15,7-2-1-3-9-4-7)12-5-8-10-6-11-13-8/h6-7,9,12H,1-5H2,(H,10,11,13). The first-order valence-corrected chi connectivity index (χ1v) is 6.76. The first-order valence-electron chi connectivity index (χ1n) is 5.22. The maximum Gasteiger partial charge on any atom is 0.216 e. The number of rotatable bonds is 4. The molecule has 0 aliphatic carbocycles. The number of sulfonamides is 1. The van der Waals surface area contributed by atoms with Crippen molar-refractivity contribution < 1.29 is 8.42 Å². The lowest BCUT2D eigenvalue weighted by atomic mass is 10.2. The molecule has 1 fully saturated rings. The van der Waals surface area contributed by atoms with Crippen molar-refractivity contribution in [1.82, 2.24) is 25.2 Å². The Hall–Kier alpha value is -0.990. The Balaban J connectivity index is 1.91. The van der Waals surface area contributed by atoms with Crippen LogP contribution in [-0.4, -0.2) is 41.9 Å². The van der Waals surface area contributed by atoms with Gasteiger partial charge in [0, 0.05) is 6.54 Å². The van der Waals surface area contributed by atoms with Gasteiger partial charge in [-0.05, 0) is 19.4 Å². The normalized spacial score (nSPS) is 22.1. The van der Waals surface area contributed by atoms with E-state index in [1.165, 1.54) is 6.33 Å². The maximum atomic E-state index is 11.9. The molecule has 2 heterocycles. The summed E-state index contributed by atoms with van der Waals surface area (Å²) in [7, 11) is -3.26. The molecule has 90 valence electrons. The smallest absolute Gasteiger partial charge is 0.216 e. The Kier molecular flexibility index (Phi) is 3.52. The molecular formula is C8H15N5O2S. The van der Waals surface area contributed by atoms with Crippen molar-refractivity contribution in [3.8, 4) is 0 Å². The second kappa shape index (κ2) is 4.89. The molecule has 3 N–H and O–H groups in total. The maximum absolute atomic E-state index is 11.9. The molecular weight excluding hydrogens is 230 g/mol. The fraction of sp³-hybridized carbons (Fsp3) is 0.750. The average Bonchev–Trinajstić information content (AvgIpc) is 2.81. The van der Waals surface area contributed by atoms with Gasteiger partial charge in [0.05, 0.1) is 11.8 Å². The Morgan fingerprint density at radius 3 is 3.06 bits per heavy atom. The largest absolute Gasteiger partial charge is 0.315 e. The summed E-state index contributed by atoms with van der Waals surface area (Å²) in [5, 5.41) is 9.00. The van der Waals surface area contributed by atoms with Crippen molar-refractivity contribution in [2.75, 3.05) is 13.1 Å². The molecule has 1 aromatic rings. The molecule has 1 unspecified atom stereocenters. The van der Waals surface area contributed by atoms with Gasteiger partial charge >= 0.3 is 0 Å². The van der Waals surface area contributed by atoms with E-state index in [9.17, 15) is 8.42 Å². The van der Waals surface area contributed by atoms with Crippen molar-refractivity contribution in [2.24, 2.45) is 0 Å². The van der Waals surface area contributed by atoms with Crippen LogP contribution in [0, 0.1) is 0 Å². The molecule has 1 saturated heterocycles. The van der Waals surface area contributed by atoms with Gasteiger partial charge in [-0.2, -0.15) is 5.10 Å². The molecule has 2 rings (SSSR count). The Morgan fingerprint density at radius 2 is 2.44 bits per heavy atom. The summed E-state index contributed by atoms with van der Waals surface area (Å²) >= 11 is 0. The van der Waals surface area contributed by atoms with E-state index in [4.69, 9.17) is 0 Å². The highest BCUT2D eigenvalue weighted by molar-refractivity contribution is 7.90. The van der Waals surface area contributed by atoms with E-state index in [0.29, 0.717) is 18.8 Å². The number of piperidine rings is 1. The summed E-state index contributed by atoms with van der Waals surface area (Å²) in [5.41, 5.74) is 0. The topological polar surface area (TPSA) is 99.8 Å². The molecule has 0 amide bonds. The number of hydrogen-bond donors (Lipinski definition) is 3. The van der Waals surface area contributed by atoms with E-state index < -0.39 is 10.0 Å². The van der Waals surface area contributed by atoms with Crippen LogP contribution in [0.4, 0.5) is 0 Å². The highest BCUT2D eigenvalue weighted by Gasteiger charge is 2.26. The molecule has 0 saturated carbocycles. The number of H-pyrrole nitrogens is 1. The van der Waals surface area contributed by atoms with Crippen LogP contribution in [0.25, 0.3) is 0 Å². The van der Waals surface area contributed by atoms with Crippen molar-refractivity contribution in [3.05, 3.63) is 12.2 Å². The third kappa shape index (κ3) is 2.77. The Morgan fingerprint density at radius 1 is 1.56 bits per heavy atom. The monoisotopic (exact) mass is 245 g/mol. The zero-order valence-electron chi connectivity index (χ0n) is 8.81. The summed E-state index contributed by atoms with van der Waals surface area (Å²) in [6, 6.07) is 0. The number of nitrogens with zero attached hydrogens (tertiary/aromatic N) is 2. The summed E-state index contributed by atoms with van der Waals surface area (Å²) in [4.78, 5) is 3.86. The van der Waals surface area contributed by atoms with Crippen molar-refractivity contribution in [1.29, 1.82) is 0 Å². The second-order valence-corrected chi connectivity index (χ2v) is 5.81. The van der Waals surface area contributed by atoms with Gasteiger partial charge in [-0.15, -0.1) is 0 Å². The lowest BCUT2D eigenvalue weighted by Gasteiger charge is -2.22. The predicted molar refractivity (Wildman–Crippen MR) is 58.0 cm³/mol. The minimum atomic E-state index is -3.26. The predicted octanol–water partition coefficient (Wildman–Crippen LogP) is -1.02. The van der Waals surface area contributed by atoms with Crippen LogP contribution in [0.2, 0.25) is 0 Å². The summed E-state index contributed by atoms with van der Waals surface area (Å²) in [5.74, 6) is 0.521. The van der Waals surface area contributed by atoms with Crippen molar-refractivity contribution in [2.45, 2.75) is 24.6 Å². The van der Waals surface area contributed by atoms with E-state index in [1.54, 1.807) is 0 Å². The molecule has 16 heavy (non-hydrogen) atoms. The van der Waals surface area contributed by atoms with E-state index in [1.807, 2.05) is 0 Å². The van der Waals surface area contributed by atoms with Gasteiger partial charge in [-0.25, -0.2) is 18.1 Å². The zero-order chi connectivity index (χ0) is 11.4. The molecule has 0 aromatic carbocycles. The van der Waals surface area contributed by atoms with Crippen molar-refractivity contribution >= 4 is 10.0 Å². The van der Waals surface area contributed by atoms with Gasteiger partial charge in [0.2, 0.25) is 10.0 Å². The van der Waals surface area contributed by atoms with Crippen LogP contribution in [0.3, 0.4) is 0 Å². The van der Waals surface area contributed by atoms with Gasteiger partial charge in [-0.3, -0.25) is 5.10 Å². The van der Waals surface area contributed by atoms with Crippen LogP contribution in [-0.2, 0) is 16.6 Å². The highest BCUT2D eigenvalue weighted by atomic mass is 32.2. The summed E-state index contributed by atoms with van der Waals surface area (Å²) in [6.07, 6.45) is 2.96. The zero-order valence-corrected chi connectivity index (χ0v) is 9.63. The van der Waals surface area contributed by atoms with E-state index in [0.717, 1.165) is 13.0 Å². The van der Waals surface area contributed by atoms with Crippen LogP contribution in [0.5, 0.6) is 0 Å². The van der Waals surface area contributed by atoms with Crippen LogP contribution in [0.15, 0.2) is 6.33 Å². The van der Waals surface area contributed by atoms with Gasteiger partial charge in [0.15, 0.2) is 0 Å². The fourth-order valence-electron chi connectivity index (χ4n) is 1.69. The average molecular weight is 245 g/mol. The Bertz CT molecular complexity index is 410. The third-order valence-corrected chi connectivity index (χ3v) is 4.42. The fourth-order valence-corrected chi connectivity index (χ4v) is 3.08. The van der Waals surface area contributed by atoms with Gasteiger partial charge in [0.1, 0.15) is 12.2 Å². The first-order chi connectivity index (χ1) is 7.68. The molecule has 1 aliphatic heterocycles. The van der Waals surface area contributed by atoms with Crippen LogP contribution >= 0.6 is 0 Å². The van der Waals surface area contributed by atoms with Crippen LogP contribution < -0.4 is 10.0 Å². The minimum Gasteiger partial charge on any atom is -0.315 e. The molecule has 8 heteroatoms. The highest BCUT2D eigenvalue weighted by Crippen LogP contribution is 2.10. The third-order valence-electron chi connectivity index (χ3n) is 2.60. The number of aromatic nitrogens is 3.